The van der Waals surface area contributed by atoms with Crippen molar-refractivity contribution in [2.75, 3.05) is 6.61 Å². The smallest absolute Gasteiger partial charge is 0.332 e. The van der Waals surface area contributed by atoms with Crippen molar-refractivity contribution >= 4 is 24.1 Å². The molecule has 1 unspecified atom stereocenters. The Bertz CT molecular complexity index is 473. The molecule has 6 atom stereocenters. The maximum atomic E-state index is 10.1. The van der Waals surface area contributed by atoms with Gasteiger partial charge in [0.2, 0.25) is 5.91 Å². The summed E-state index contributed by atoms with van der Waals surface area (Å²) in [5, 5.41) is 67.5. The highest BCUT2D eigenvalue weighted by atomic mass is 16.4. The lowest BCUT2D eigenvalue weighted by molar-refractivity contribution is -0.145. The molecule has 0 bridgehead atoms. The van der Waals surface area contributed by atoms with Crippen LogP contribution in [-0.4, -0.2) is 108 Å². The Hall–Kier alpha value is -2.20. The van der Waals surface area contributed by atoms with Crippen molar-refractivity contribution in [2.24, 2.45) is 11.5 Å². The van der Waals surface area contributed by atoms with Crippen LogP contribution in [0.1, 0.15) is 19.8 Å². The molecule has 12 N–H and O–H groups in total. The molecule has 0 aliphatic heterocycles. The first-order valence-corrected chi connectivity index (χ1v) is 7.68. The zero-order valence-electron chi connectivity index (χ0n) is 15.0. The van der Waals surface area contributed by atoms with Gasteiger partial charge >= 0.3 is 11.9 Å². The van der Waals surface area contributed by atoms with E-state index in [1.807, 2.05) is 0 Å². The standard InChI is InChI=1S/C6H12O6.C5H10N2O3.C3H6O3/c7-1-3(9)5(11)6(12)4(10)2-8;6-3(5(9)10)1-2-4(7)8;1-2(4)3(5)6/h1,3-6,8-12H,2H2;3H,1-2,6H2,(H2,7,8)(H,9,10);2,4H,1H3,(H,5,6)/t3-,4+,5+,6+;3-;/m00./s1. The van der Waals surface area contributed by atoms with Crippen molar-refractivity contribution in [1.82, 2.24) is 0 Å². The molecule has 28 heavy (non-hydrogen) atoms. The normalized spacial score (nSPS) is 16.4. The second-order valence-corrected chi connectivity index (χ2v) is 5.32. The minimum Gasteiger partial charge on any atom is -0.480 e. The molecule has 0 aliphatic carbocycles. The second kappa shape index (κ2) is 16.9. The number of carbonyl (C=O) groups excluding carboxylic acids is 2. The Balaban J connectivity index is -0.000000354. The highest BCUT2D eigenvalue weighted by molar-refractivity contribution is 5.77. The minimum absolute atomic E-state index is 0.0213. The van der Waals surface area contributed by atoms with Crippen molar-refractivity contribution < 1.29 is 60.0 Å². The maximum absolute atomic E-state index is 10.1. The van der Waals surface area contributed by atoms with Gasteiger partial charge in [0.05, 0.1) is 6.61 Å². The molecule has 0 aromatic carbocycles. The van der Waals surface area contributed by atoms with Crippen LogP contribution in [0.25, 0.3) is 0 Å². The van der Waals surface area contributed by atoms with Crippen molar-refractivity contribution in [3.63, 3.8) is 0 Å². The number of nitrogens with two attached hydrogens (primary N) is 2. The lowest BCUT2D eigenvalue weighted by Gasteiger charge is -2.22. The molecule has 0 radical (unpaired) electrons. The fourth-order valence-corrected chi connectivity index (χ4v) is 1.04. The summed E-state index contributed by atoms with van der Waals surface area (Å²) in [5.41, 5.74) is 9.81. The lowest BCUT2D eigenvalue weighted by atomic mass is 10.0. The largest absolute Gasteiger partial charge is 0.480 e. The van der Waals surface area contributed by atoms with Crippen molar-refractivity contribution in [3.8, 4) is 0 Å². The number of aldehydes is 1. The van der Waals surface area contributed by atoms with Gasteiger partial charge in [0.1, 0.15) is 36.6 Å². The fraction of sp³-hybridized carbons (Fsp3) is 0.714. The molecule has 0 heterocycles. The summed E-state index contributed by atoms with van der Waals surface area (Å²) in [5.74, 6) is -2.83. The van der Waals surface area contributed by atoms with Crippen LogP contribution in [0.3, 0.4) is 0 Å². The third kappa shape index (κ3) is 17.2. The zero-order valence-corrected chi connectivity index (χ0v) is 15.0. The highest BCUT2D eigenvalue weighted by Gasteiger charge is 2.29. The zero-order chi connectivity index (χ0) is 23.0. The number of hydrogen-bond donors (Lipinski definition) is 10. The molecule has 0 aromatic heterocycles. The number of aliphatic carboxylic acids is 2. The summed E-state index contributed by atoms with van der Waals surface area (Å²) in [7, 11) is 0. The van der Waals surface area contributed by atoms with E-state index in [0.717, 1.165) is 0 Å². The molecular formula is C14H28N2O12. The summed E-state index contributed by atoms with van der Waals surface area (Å²) in [6.45, 7) is 0.437. The first kappa shape index (κ1) is 30.5. The van der Waals surface area contributed by atoms with E-state index < -0.39 is 61.0 Å². The van der Waals surface area contributed by atoms with Crippen LogP contribution < -0.4 is 11.5 Å². The molecule has 0 fully saturated rings. The van der Waals surface area contributed by atoms with Crippen molar-refractivity contribution in [2.45, 2.75) is 56.3 Å². The van der Waals surface area contributed by atoms with Crippen LogP contribution >= 0.6 is 0 Å². The second-order valence-electron chi connectivity index (χ2n) is 5.32. The maximum Gasteiger partial charge on any atom is 0.332 e. The predicted octanol–water partition coefficient (Wildman–Crippen LogP) is -5.26. The van der Waals surface area contributed by atoms with Gasteiger partial charge in [-0.2, -0.15) is 0 Å². The molecular weight excluding hydrogens is 388 g/mol. The van der Waals surface area contributed by atoms with Gasteiger partial charge in [0.25, 0.3) is 0 Å². The summed E-state index contributed by atoms with van der Waals surface area (Å²) in [6.07, 6.45) is -7.95. The first-order valence-electron chi connectivity index (χ1n) is 7.68. The number of amides is 1. The summed E-state index contributed by atoms with van der Waals surface area (Å²) in [6, 6.07) is -0.979. The molecule has 0 saturated carbocycles. The molecule has 0 spiro atoms. The van der Waals surface area contributed by atoms with E-state index in [4.69, 9.17) is 52.3 Å². The van der Waals surface area contributed by atoms with Crippen LogP contribution in [0, 0.1) is 0 Å². The molecule has 166 valence electrons. The van der Waals surface area contributed by atoms with Gasteiger partial charge in [-0.05, 0) is 13.3 Å². The molecule has 0 saturated heterocycles. The molecule has 0 aliphatic rings. The monoisotopic (exact) mass is 416 g/mol. The van der Waals surface area contributed by atoms with E-state index in [1.165, 1.54) is 6.92 Å². The van der Waals surface area contributed by atoms with Gasteiger partial charge in [-0.3, -0.25) is 9.59 Å². The number of carbonyl (C=O) groups is 4. The molecule has 0 rings (SSSR count). The van der Waals surface area contributed by atoms with Crippen molar-refractivity contribution in [3.05, 3.63) is 0 Å². The number of aliphatic hydroxyl groups is 6. The molecule has 0 aromatic rings. The van der Waals surface area contributed by atoms with Crippen LogP contribution in [-0.2, 0) is 19.2 Å². The first-order chi connectivity index (χ1) is 12.7. The SMILES string of the molecule is CC(O)C(=O)O.NC(=O)CC[C@H](N)C(=O)O.O=C[C@H](O)[C@@H](O)[C@H](O)[C@H](O)CO. The van der Waals surface area contributed by atoms with Gasteiger partial charge in [-0.15, -0.1) is 0 Å². The topological polar surface area (TPSA) is 282 Å². The Morgan fingerprint density at radius 3 is 1.64 bits per heavy atom. The van der Waals surface area contributed by atoms with E-state index in [0.29, 0.717) is 0 Å². The lowest BCUT2D eigenvalue weighted by Crippen LogP contribution is -2.46. The van der Waals surface area contributed by atoms with Crippen molar-refractivity contribution in [1.29, 1.82) is 0 Å². The number of carboxylic acids is 2. The Morgan fingerprint density at radius 2 is 1.39 bits per heavy atom. The van der Waals surface area contributed by atoms with Crippen LogP contribution in [0.2, 0.25) is 0 Å². The summed E-state index contributed by atoms with van der Waals surface area (Å²) < 4.78 is 0. The number of carboxylic acid groups (broad SMARTS) is 2. The van der Waals surface area contributed by atoms with Gasteiger partial charge < -0.3 is 57.1 Å². The van der Waals surface area contributed by atoms with E-state index >= 15 is 0 Å². The molecule has 14 heteroatoms. The van der Waals surface area contributed by atoms with E-state index in [9.17, 15) is 19.2 Å². The van der Waals surface area contributed by atoms with Crippen LogP contribution in [0.15, 0.2) is 0 Å². The number of aliphatic hydroxyl groups excluding tert-OH is 6. The predicted molar refractivity (Wildman–Crippen MR) is 90.5 cm³/mol. The number of rotatable bonds is 10. The van der Waals surface area contributed by atoms with E-state index in [-0.39, 0.29) is 19.1 Å². The molecule has 1 amide bonds. The van der Waals surface area contributed by atoms with Crippen LogP contribution in [0.4, 0.5) is 0 Å². The van der Waals surface area contributed by atoms with Gasteiger partial charge in [-0.25, -0.2) is 4.79 Å². The summed E-state index contributed by atoms with van der Waals surface area (Å²) >= 11 is 0. The average molecular weight is 416 g/mol. The third-order valence-electron chi connectivity index (χ3n) is 2.80. The highest BCUT2D eigenvalue weighted by Crippen LogP contribution is 2.02. The summed E-state index contributed by atoms with van der Waals surface area (Å²) in [4.78, 5) is 39.5. The fourth-order valence-electron chi connectivity index (χ4n) is 1.04. The quantitative estimate of drug-likeness (QED) is 0.149. The Labute approximate surface area is 159 Å². The number of primary amides is 1. The molecule has 14 nitrogen and oxygen atoms in total. The Morgan fingerprint density at radius 1 is 0.964 bits per heavy atom. The van der Waals surface area contributed by atoms with E-state index in [1.54, 1.807) is 0 Å². The number of hydrogen-bond acceptors (Lipinski definition) is 11. The third-order valence-corrected chi connectivity index (χ3v) is 2.80. The van der Waals surface area contributed by atoms with Crippen LogP contribution in [0.5, 0.6) is 0 Å². The minimum atomic E-state index is -1.79. The van der Waals surface area contributed by atoms with E-state index in [2.05, 4.69) is 0 Å². The van der Waals surface area contributed by atoms with Gasteiger partial charge in [-0.1, -0.05) is 0 Å². The van der Waals surface area contributed by atoms with Gasteiger partial charge in [0, 0.05) is 6.42 Å². The van der Waals surface area contributed by atoms with Gasteiger partial charge in [0.15, 0.2) is 6.29 Å². The Kier molecular flexibility index (Phi) is 18.5. The average Bonchev–Trinajstić information content (AvgIpc) is 2.63.